The first-order valence-electron chi connectivity index (χ1n) is 8.19. The molecule has 0 aliphatic heterocycles. The quantitative estimate of drug-likeness (QED) is 0.328. The molecule has 0 aliphatic rings. The first kappa shape index (κ1) is 24.2. The molecule has 0 aromatic rings. The summed E-state index contributed by atoms with van der Waals surface area (Å²) < 4.78 is 0. The van der Waals surface area contributed by atoms with Crippen LogP contribution < -0.4 is 34.9 Å². The molecule has 3 N–H and O–H groups in total. The zero-order valence-corrected chi connectivity index (χ0v) is 16.4. The molecule has 6 heteroatoms. The molecule has 1 amide bonds. The average molecular weight is 325 g/mol. The van der Waals surface area contributed by atoms with Gasteiger partial charge in [0.25, 0.3) is 0 Å². The van der Waals surface area contributed by atoms with Gasteiger partial charge in [-0.1, -0.05) is 58.3 Å². The topological polar surface area (TPSA) is 86.6 Å². The van der Waals surface area contributed by atoms with E-state index in [2.05, 4.69) is 12.2 Å². The number of aliphatic hydroxyl groups excluding tert-OH is 1. The Labute approximate surface area is 158 Å². The summed E-state index contributed by atoms with van der Waals surface area (Å²) in [4.78, 5) is 22.4. The van der Waals surface area contributed by atoms with E-state index in [0.29, 0.717) is 6.42 Å². The van der Waals surface area contributed by atoms with Crippen molar-refractivity contribution in [2.45, 2.75) is 90.2 Å². The van der Waals surface area contributed by atoms with Crippen LogP contribution in [0.4, 0.5) is 0 Å². The molecule has 5 nitrogen and oxygen atoms in total. The summed E-state index contributed by atoms with van der Waals surface area (Å²) in [7, 11) is 0. The van der Waals surface area contributed by atoms with Crippen LogP contribution in [0.25, 0.3) is 0 Å². The Morgan fingerprint density at radius 1 is 1.00 bits per heavy atom. The normalized spacial score (nSPS) is 13.0. The first-order valence-corrected chi connectivity index (χ1v) is 8.19. The van der Waals surface area contributed by atoms with E-state index in [9.17, 15) is 14.7 Å². The van der Waals surface area contributed by atoms with E-state index in [1.165, 1.54) is 45.4 Å². The monoisotopic (exact) mass is 325 g/mol. The van der Waals surface area contributed by atoms with Gasteiger partial charge in [0.05, 0.1) is 6.10 Å². The number of carboxylic acids is 1. The standard InChI is InChI=1S/C16H31NO4.Na.H/c1-3-4-5-6-7-8-9-10-11-12-14(19)17-15(13(2)18)16(20)21;;/h13,15,18H,3-12H2,1-2H3,(H,17,19)(H,20,21);;/q;+1;-1/t13-,15+;;/m1../s1. The van der Waals surface area contributed by atoms with Crippen molar-refractivity contribution >= 4 is 11.9 Å². The fraction of sp³-hybridized carbons (Fsp3) is 0.875. The molecule has 0 spiro atoms. The van der Waals surface area contributed by atoms with E-state index < -0.39 is 18.1 Å². The Kier molecular flexibility index (Phi) is 17.3. The van der Waals surface area contributed by atoms with Gasteiger partial charge < -0.3 is 17.0 Å². The third kappa shape index (κ3) is 13.6. The van der Waals surface area contributed by atoms with Gasteiger partial charge in [0.2, 0.25) is 5.91 Å². The molecule has 0 saturated heterocycles. The van der Waals surface area contributed by atoms with E-state index in [1.54, 1.807) is 0 Å². The molecule has 0 radical (unpaired) electrons. The number of amides is 1. The largest absolute Gasteiger partial charge is 1.00 e. The van der Waals surface area contributed by atoms with Gasteiger partial charge in [-0.25, -0.2) is 4.79 Å². The maximum atomic E-state index is 11.6. The number of aliphatic hydroxyl groups is 1. The van der Waals surface area contributed by atoms with Crippen molar-refractivity contribution in [3.05, 3.63) is 0 Å². The number of unbranched alkanes of at least 4 members (excludes halogenated alkanes) is 8. The minimum absolute atomic E-state index is 0. The molecular weight excluding hydrogens is 293 g/mol. The van der Waals surface area contributed by atoms with E-state index in [1.807, 2.05) is 0 Å². The van der Waals surface area contributed by atoms with Crippen LogP contribution in [0.1, 0.15) is 79.5 Å². The van der Waals surface area contributed by atoms with Gasteiger partial charge in [-0.05, 0) is 13.3 Å². The third-order valence-electron chi connectivity index (χ3n) is 3.57. The fourth-order valence-electron chi connectivity index (χ4n) is 2.23. The van der Waals surface area contributed by atoms with Crippen LogP contribution in [-0.2, 0) is 9.59 Å². The summed E-state index contributed by atoms with van der Waals surface area (Å²) in [5.41, 5.74) is 0. The van der Waals surface area contributed by atoms with Crippen LogP contribution >= 0.6 is 0 Å². The van der Waals surface area contributed by atoms with Crippen LogP contribution in [0, 0.1) is 0 Å². The maximum Gasteiger partial charge on any atom is 1.00 e. The first-order chi connectivity index (χ1) is 9.99. The maximum absolute atomic E-state index is 11.6. The summed E-state index contributed by atoms with van der Waals surface area (Å²) in [5, 5.41) is 20.5. The van der Waals surface area contributed by atoms with Crippen LogP contribution in [-0.4, -0.2) is 34.2 Å². The molecule has 0 rings (SSSR count). The number of carboxylic acid groups (broad SMARTS) is 1. The van der Waals surface area contributed by atoms with Crippen molar-refractivity contribution in [2.75, 3.05) is 0 Å². The smallest absolute Gasteiger partial charge is 1.00 e. The number of carbonyl (C=O) groups is 2. The molecule has 126 valence electrons. The Hall–Kier alpha value is -0.100. The molecule has 0 aromatic heterocycles. The van der Waals surface area contributed by atoms with Crippen molar-refractivity contribution in [3.8, 4) is 0 Å². The number of hydrogen-bond donors (Lipinski definition) is 3. The van der Waals surface area contributed by atoms with Gasteiger partial charge >= 0.3 is 35.5 Å². The molecule has 2 atom stereocenters. The summed E-state index contributed by atoms with van der Waals surface area (Å²) in [6, 6.07) is -1.21. The van der Waals surface area contributed by atoms with Gasteiger partial charge in [-0.15, -0.1) is 0 Å². The van der Waals surface area contributed by atoms with Crippen molar-refractivity contribution in [2.24, 2.45) is 0 Å². The summed E-state index contributed by atoms with van der Waals surface area (Å²) >= 11 is 0. The van der Waals surface area contributed by atoms with Crippen LogP contribution in [0.3, 0.4) is 0 Å². The third-order valence-corrected chi connectivity index (χ3v) is 3.57. The molecule has 22 heavy (non-hydrogen) atoms. The van der Waals surface area contributed by atoms with Gasteiger partial charge in [0.1, 0.15) is 0 Å². The van der Waals surface area contributed by atoms with E-state index in [4.69, 9.17) is 5.11 Å². The fourth-order valence-corrected chi connectivity index (χ4v) is 2.23. The SMILES string of the molecule is CCCCCCCCCCCC(=O)N[C@H](C(=O)O)[C@@H](C)O.[H-].[Na+]. The van der Waals surface area contributed by atoms with Crippen LogP contribution in [0.5, 0.6) is 0 Å². The molecule has 0 fully saturated rings. The summed E-state index contributed by atoms with van der Waals surface area (Å²) in [6.45, 7) is 3.56. The predicted octanol–water partition coefficient (Wildman–Crippen LogP) is -0.0260. The number of aliphatic carboxylic acids is 1. The molecule has 0 saturated carbocycles. The Balaban J connectivity index is -0.00000200. The second-order valence-corrected chi connectivity index (χ2v) is 5.70. The van der Waals surface area contributed by atoms with Crippen molar-refractivity contribution < 1.29 is 50.8 Å². The van der Waals surface area contributed by atoms with E-state index in [0.717, 1.165) is 19.3 Å². The predicted molar refractivity (Wildman–Crippen MR) is 84.2 cm³/mol. The summed E-state index contributed by atoms with van der Waals surface area (Å²) in [5.74, 6) is -1.50. The number of hydrogen-bond acceptors (Lipinski definition) is 3. The zero-order valence-electron chi connectivity index (χ0n) is 15.4. The number of carbonyl (C=O) groups excluding carboxylic acids is 1. The van der Waals surface area contributed by atoms with Gasteiger partial charge in [0.15, 0.2) is 6.04 Å². The van der Waals surface area contributed by atoms with Crippen LogP contribution in [0.15, 0.2) is 0 Å². The second-order valence-electron chi connectivity index (χ2n) is 5.70. The zero-order chi connectivity index (χ0) is 16.1. The Morgan fingerprint density at radius 3 is 1.86 bits per heavy atom. The minimum atomic E-state index is -1.21. The average Bonchev–Trinajstić information content (AvgIpc) is 2.42. The van der Waals surface area contributed by atoms with Gasteiger partial charge in [-0.3, -0.25) is 4.79 Å². The van der Waals surface area contributed by atoms with Crippen LogP contribution in [0.2, 0.25) is 0 Å². The second kappa shape index (κ2) is 15.8. The molecule has 0 aliphatic carbocycles. The molecular formula is C16H32NNaO4. The molecule has 0 aromatic carbocycles. The Bertz CT molecular complexity index is 304. The Morgan fingerprint density at radius 2 is 1.45 bits per heavy atom. The van der Waals surface area contributed by atoms with E-state index >= 15 is 0 Å². The number of rotatable bonds is 13. The van der Waals surface area contributed by atoms with Gasteiger partial charge in [-0.2, -0.15) is 0 Å². The number of nitrogens with one attached hydrogen (secondary N) is 1. The molecule has 0 unspecified atom stereocenters. The molecule has 0 bridgehead atoms. The molecule has 0 heterocycles. The van der Waals surface area contributed by atoms with Crippen molar-refractivity contribution in [1.29, 1.82) is 0 Å². The van der Waals surface area contributed by atoms with E-state index in [-0.39, 0.29) is 36.9 Å². The summed E-state index contributed by atoms with van der Waals surface area (Å²) in [6.07, 6.45) is 9.77. The van der Waals surface area contributed by atoms with Crippen molar-refractivity contribution in [1.82, 2.24) is 5.32 Å². The minimum Gasteiger partial charge on any atom is -1.00 e. The van der Waals surface area contributed by atoms with Crippen molar-refractivity contribution in [3.63, 3.8) is 0 Å². The van der Waals surface area contributed by atoms with Gasteiger partial charge in [0, 0.05) is 6.42 Å².